The van der Waals surface area contributed by atoms with Crippen molar-refractivity contribution in [2.24, 2.45) is 5.41 Å². The van der Waals surface area contributed by atoms with E-state index in [1.165, 1.54) is 23.9 Å². The monoisotopic (exact) mass is 433 g/mol. The Hall–Kier alpha value is -2.29. The van der Waals surface area contributed by atoms with Gasteiger partial charge in [0.25, 0.3) is 0 Å². The fraction of sp³-hybridized carbons (Fsp3) is 0.526. The van der Waals surface area contributed by atoms with Gasteiger partial charge in [0, 0.05) is 12.6 Å². The number of methoxy groups -OCH3 is 1. The summed E-state index contributed by atoms with van der Waals surface area (Å²) in [6.07, 6.45) is -2.87. The number of hydrogen-bond acceptors (Lipinski definition) is 5. The van der Waals surface area contributed by atoms with Crippen LogP contribution in [0.3, 0.4) is 0 Å². The molecule has 0 atom stereocenters. The van der Waals surface area contributed by atoms with Gasteiger partial charge in [-0.2, -0.15) is 13.2 Å². The first-order valence-corrected chi connectivity index (χ1v) is 9.38. The van der Waals surface area contributed by atoms with Crippen LogP contribution in [0.2, 0.25) is 5.15 Å². The minimum atomic E-state index is -4.36. The van der Waals surface area contributed by atoms with Gasteiger partial charge < -0.3 is 9.47 Å². The highest BCUT2D eigenvalue weighted by atomic mass is 35.5. The predicted octanol–water partition coefficient (Wildman–Crippen LogP) is 4.80. The molecule has 29 heavy (non-hydrogen) atoms. The van der Waals surface area contributed by atoms with Crippen LogP contribution in [0.15, 0.2) is 12.3 Å². The normalized spacial score (nSPS) is 12.2. The highest BCUT2D eigenvalue weighted by Gasteiger charge is 2.47. The maximum Gasteiger partial charge on any atom is 0.394 e. The molecule has 0 radical (unpaired) electrons. The van der Waals surface area contributed by atoms with Crippen LogP contribution >= 0.6 is 11.6 Å². The Morgan fingerprint density at radius 2 is 1.93 bits per heavy atom. The molecular formula is C19H23ClF3N3O3. The van der Waals surface area contributed by atoms with E-state index in [4.69, 9.17) is 21.1 Å². The van der Waals surface area contributed by atoms with Crippen LogP contribution in [0, 0.1) is 5.41 Å². The molecule has 0 N–H and O–H groups in total. The van der Waals surface area contributed by atoms with Gasteiger partial charge in [-0.25, -0.2) is 14.8 Å². The molecule has 0 aliphatic rings. The molecule has 0 bridgehead atoms. The minimum Gasteiger partial charge on any atom is -0.493 e. The zero-order valence-electron chi connectivity index (χ0n) is 16.9. The maximum absolute atomic E-state index is 13.2. The summed E-state index contributed by atoms with van der Waals surface area (Å²) in [5, 5.41) is -0.00512. The van der Waals surface area contributed by atoms with Crippen molar-refractivity contribution in [1.82, 2.24) is 14.5 Å². The van der Waals surface area contributed by atoms with E-state index < -0.39 is 17.6 Å². The van der Waals surface area contributed by atoms with Gasteiger partial charge in [0.05, 0.1) is 19.1 Å². The van der Waals surface area contributed by atoms with Crippen molar-refractivity contribution >= 4 is 17.6 Å². The largest absolute Gasteiger partial charge is 0.493 e. The van der Waals surface area contributed by atoms with Crippen molar-refractivity contribution in [3.63, 3.8) is 0 Å². The second-order valence-corrected chi connectivity index (χ2v) is 7.36. The fourth-order valence-electron chi connectivity index (χ4n) is 2.73. The Morgan fingerprint density at radius 3 is 2.45 bits per heavy atom. The third-order valence-electron chi connectivity index (χ3n) is 4.41. The highest BCUT2D eigenvalue weighted by Crippen LogP contribution is 2.41. The number of aryl methyl sites for hydroxylation is 1. The van der Waals surface area contributed by atoms with E-state index in [2.05, 4.69) is 9.97 Å². The quantitative estimate of drug-likeness (QED) is 0.587. The van der Waals surface area contributed by atoms with Crippen LogP contribution in [0.25, 0.3) is 5.82 Å². The molecule has 0 aliphatic carbocycles. The van der Waals surface area contributed by atoms with Gasteiger partial charge in [-0.3, -0.25) is 4.57 Å². The van der Waals surface area contributed by atoms with Gasteiger partial charge in [0.1, 0.15) is 11.0 Å². The summed E-state index contributed by atoms with van der Waals surface area (Å²) in [4.78, 5) is 20.6. The molecule has 0 unspecified atom stereocenters. The van der Waals surface area contributed by atoms with Crippen LogP contribution in [-0.2, 0) is 17.6 Å². The zero-order chi connectivity index (χ0) is 22.0. The summed E-state index contributed by atoms with van der Waals surface area (Å²) in [5.41, 5.74) is -1.64. The molecule has 2 heterocycles. The lowest BCUT2D eigenvalue weighted by atomic mass is 9.85. The number of ether oxygens (including phenoxy) is 2. The number of hydrogen-bond donors (Lipinski definition) is 0. The summed E-state index contributed by atoms with van der Waals surface area (Å²) in [6, 6.07) is 1.48. The zero-order valence-corrected chi connectivity index (χ0v) is 17.6. The first-order valence-electron chi connectivity index (χ1n) is 9.01. The molecular weight excluding hydrogens is 411 g/mol. The van der Waals surface area contributed by atoms with Crippen LogP contribution in [0.4, 0.5) is 13.2 Å². The number of carbonyl (C=O) groups excluding carboxylic acids is 1. The van der Waals surface area contributed by atoms with E-state index in [1.807, 2.05) is 6.92 Å². The number of carbonyl (C=O) groups is 1. The fourth-order valence-corrected chi connectivity index (χ4v) is 3.03. The molecule has 160 valence electrons. The van der Waals surface area contributed by atoms with Gasteiger partial charge >= 0.3 is 12.1 Å². The SMILES string of the molecule is CCOC(=O)c1nc(CC)n(-c2ncc(CC(C)(C)C(F)(F)F)cc2OC)c1Cl. The lowest BCUT2D eigenvalue weighted by Gasteiger charge is -2.27. The number of rotatable bonds is 7. The van der Waals surface area contributed by atoms with Crippen LogP contribution < -0.4 is 4.74 Å². The number of aromatic nitrogens is 3. The molecule has 0 spiro atoms. The van der Waals surface area contributed by atoms with Crippen molar-refractivity contribution < 1.29 is 27.4 Å². The summed E-state index contributed by atoms with van der Waals surface area (Å²) in [6.45, 7) is 5.89. The molecule has 6 nitrogen and oxygen atoms in total. The Bertz CT molecular complexity index is 895. The lowest BCUT2D eigenvalue weighted by Crippen LogP contribution is -2.34. The van der Waals surface area contributed by atoms with Gasteiger partial charge in [0.2, 0.25) is 0 Å². The summed E-state index contributed by atoms with van der Waals surface area (Å²) in [7, 11) is 1.38. The molecule has 0 saturated carbocycles. The van der Waals surface area contributed by atoms with E-state index in [0.29, 0.717) is 17.8 Å². The first kappa shape index (κ1) is 23.0. The molecule has 2 aromatic heterocycles. The van der Waals surface area contributed by atoms with Crippen molar-refractivity contribution in [3.05, 3.63) is 34.5 Å². The average Bonchev–Trinajstić information content (AvgIpc) is 2.97. The minimum absolute atomic E-state index is 0.00512. The number of alkyl halides is 3. The smallest absolute Gasteiger partial charge is 0.394 e. The topological polar surface area (TPSA) is 66.2 Å². The van der Waals surface area contributed by atoms with Gasteiger partial charge in [-0.05, 0) is 25.0 Å². The Morgan fingerprint density at radius 1 is 1.28 bits per heavy atom. The van der Waals surface area contributed by atoms with Crippen LogP contribution in [0.5, 0.6) is 5.75 Å². The van der Waals surface area contributed by atoms with Crippen molar-refractivity contribution in [2.45, 2.75) is 46.7 Å². The third-order valence-corrected chi connectivity index (χ3v) is 4.76. The van der Waals surface area contributed by atoms with E-state index in [0.717, 1.165) is 13.8 Å². The van der Waals surface area contributed by atoms with Gasteiger partial charge in [-0.15, -0.1) is 0 Å². The molecule has 0 fully saturated rings. The number of esters is 1. The van der Waals surface area contributed by atoms with Gasteiger partial charge in [0.15, 0.2) is 17.3 Å². The molecule has 0 aromatic carbocycles. The summed E-state index contributed by atoms with van der Waals surface area (Å²) >= 11 is 6.36. The maximum atomic E-state index is 13.2. The summed E-state index contributed by atoms with van der Waals surface area (Å²) < 4.78 is 51.4. The molecule has 2 rings (SSSR count). The molecule has 2 aromatic rings. The lowest BCUT2D eigenvalue weighted by molar-refractivity contribution is -0.211. The van der Waals surface area contributed by atoms with Crippen molar-refractivity contribution in [1.29, 1.82) is 0 Å². The Kier molecular flexibility index (Phi) is 6.82. The van der Waals surface area contributed by atoms with E-state index >= 15 is 0 Å². The van der Waals surface area contributed by atoms with Crippen LogP contribution in [0.1, 0.15) is 49.6 Å². The summed E-state index contributed by atoms with van der Waals surface area (Å²) in [5.74, 6) is 0.205. The number of imidazole rings is 1. The standard InChI is InChI=1S/C19H23ClF3N3O3/c1-6-13-25-14(17(27)29-7-2)15(20)26(13)16-12(28-5)8-11(10-24-16)9-18(3,4)19(21,22)23/h8,10H,6-7,9H2,1-5H3. The highest BCUT2D eigenvalue weighted by molar-refractivity contribution is 6.32. The molecule has 0 aliphatic heterocycles. The second-order valence-electron chi connectivity index (χ2n) is 7.00. The number of halogens is 4. The van der Waals surface area contributed by atoms with Crippen molar-refractivity contribution in [3.8, 4) is 11.6 Å². The Labute approximate surface area is 172 Å². The van der Waals surface area contributed by atoms with Crippen molar-refractivity contribution in [2.75, 3.05) is 13.7 Å². The second kappa shape index (κ2) is 8.61. The Balaban J connectivity index is 2.52. The van der Waals surface area contributed by atoms with Gasteiger partial charge in [-0.1, -0.05) is 32.4 Å². The molecule has 0 saturated heterocycles. The van der Waals surface area contributed by atoms with E-state index in [1.54, 1.807) is 6.92 Å². The molecule has 0 amide bonds. The third kappa shape index (κ3) is 4.66. The van der Waals surface area contributed by atoms with E-state index in [-0.39, 0.29) is 35.4 Å². The molecule has 10 heteroatoms. The van der Waals surface area contributed by atoms with Crippen LogP contribution in [-0.4, -0.2) is 40.4 Å². The number of pyridine rings is 1. The number of nitrogens with zero attached hydrogens (tertiary/aromatic N) is 3. The first-order chi connectivity index (χ1) is 13.5. The average molecular weight is 434 g/mol. The van der Waals surface area contributed by atoms with E-state index in [9.17, 15) is 18.0 Å². The predicted molar refractivity (Wildman–Crippen MR) is 102 cm³/mol.